The third-order valence-corrected chi connectivity index (χ3v) is 13.7. The van der Waals surface area contributed by atoms with E-state index in [1.54, 1.807) is 83.1 Å². The second kappa shape index (κ2) is 45.0. The second-order valence-corrected chi connectivity index (χ2v) is 28.0. The molecule has 0 bridgehead atoms. The molecule has 3 rings (SSSR count). The maximum atomic E-state index is 13.3. The molecule has 3 aromatic carbocycles. The van der Waals surface area contributed by atoms with Crippen molar-refractivity contribution in [2.24, 2.45) is 0 Å². The van der Waals surface area contributed by atoms with Crippen LogP contribution < -0.4 is 73.3 Å². The van der Waals surface area contributed by atoms with Crippen LogP contribution in [0, 0.1) is 0 Å². The van der Waals surface area contributed by atoms with E-state index in [-0.39, 0.29) is 103 Å². The first-order valence-electron chi connectivity index (χ1n) is 34.9. The fraction of sp³-hybridized carbons (Fsp3) is 0.583. The Morgan fingerprint density at radius 3 is 0.631 bits per heavy atom. The molecule has 0 spiro atoms. The van der Waals surface area contributed by atoms with E-state index in [1.165, 1.54) is 54.6 Å². The summed E-state index contributed by atoms with van der Waals surface area (Å²) in [6, 6.07) is 12.2. The molecule has 0 atom stereocenters. The van der Waals surface area contributed by atoms with Gasteiger partial charge in [-0.05, 0) is 215 Å². The Balaban J connectivity index is 1.45. The molecular weight excluding hydrogens is 1340 g/mol. The Morgan fingerprint density at radius 2 is 0.437 bits per heavy atom. The normalized spacial score (nSPS) is 11.3. The minimum Gasteiger partial charge on any atom is -0.508 e. The van der Waals surface area contributed by atoms with Crippen molar-refractivity contribution in [2.75, 3.05) is 91.8 Å². The number of carbonyl (C=O) groups excluding carboxylic acids is 12. The zero-order valence-electron chi connectivity index (χ0n) is 61.9. The van der Waals surface area contributed by atoms with Crippen LogP contribution in [0.4, 0.5) is 19.2 Å². The van der Waals surface area contributed by atoms with Crippen LogP contribution in [0.2, 0.25) is 0 Å². The van der Waals surface area contributed by atoms with Crippen LogP contribution in [-0.4, -0.2) is 191 Å². The number of alkyl carbamates (subject to hydrolysis) is 4. The number of phenols is 1. The standard InChI is InChI=1S/C72H110N12O19/c1-69(2,3)100-65(94)81-33-21-17-29-77-61(90)50-38-51(62(91)78-30-18-22-34-82-66(95)101-70(4,5)6)43-55(42-50)98-46-57(86)73-25-13-15-27-75-59(88)48-37-49(41-54(85)40-48)60(89)76-28-16-14-26-74-58(87)47-99-56-44-52(63(92)79-31-19-23-35-83-67(96)102-71(7,8)9)39-53(45-56)64(93)80-32-20-24-36-84-68(97)103-72(10,11)12/h37-45,85H,13-36,46-47H2,1-12H3,(H,73,86)(H,74,87)(H,75,88)(H,76,89)(H,77,90)(H,78,91)(H,79,92)(H,80,93)(H,81,94)(H,82,95)(H,83,96)(H,84,97). The first-order chi connectivity index (χ1) is 48.4. The van der Waals surface area contributed by atoms with Crippen molar-refractivity contribution in [1.82, 2.24) is 63.8 Å². The summed E-state index contributed by atoms with van der Waals surface area (Å²) in [4.78, 5) is 153. The van der Waals surface area contributed by atoms with E-state index in [2.05, 4.69) is 63.8 Å². The van der Waals surface area contributed by atoms with Gasteiger partial charge in [0.05, 0.1) is 0 Å². The summed E-state index contributed by atoms with van der Waals surface area (Å²) in [6.07, 6.45) is 3.82. The quantitative estimate of drug-likeness (QED) is 0.0202. The first kappa shape index (κ1) is 87.1. The number of rotatable bonds is 42. The average Bonchev–Trinajstić information content (AvgIpc) is 0.798. The summed E-state index contributed by atoms with van der Waals surface area (Å²) in [5, 5.41) is 43.3. The number of hydrogen-bond acceptors (Lipinski definition) is 19. The number of carbonyl (C=O) groups is 12. The Bertz CT molecular complexity index is 2950. The van der Waals surface area contributed by atoms with Gasteiger partial charge < -0.3 is 97.3 Å². The number of amides is 12. The molecule has 13 N–H and O–H groups in total. The van der Waals surface area contributed by atoms with Gasteiger partial charge >= 0.3 is 24.4 Å². The third kappa shape index (κ3) is 41.4. The molecule has 103 heavy (non-hydrogen) atoms. The lowest BCUT2D eigenvalue weighted by molar-refractivity contribution is -0.123. The van der Waals surface area contributed by atoms with E-state index < -0.39 is 107 Å². The van der Waals surface area contributed by atoms with Gasteiger partial charge in [0.15, 0.2) is 13.2 Å². The van der Waals surface area contributed by atoms with Crippen LogP contribution in [-0.2, 0) is 28.5 Å². The maximum absolute atomic E-state index is 13.3. The fourth-order valence-corrected chi connectivity index (χ4v) is 8.96. The van der Waals surface area contributed by atoms with Crippen molar-refractivity contribution >= 4 is 71.6 Å². The van der Waals surface area contributed by atoms with Crippen LogP contribution in [0.1, 0.15) is 222 Å². The molecule has 0 radical (unpaired) electrons. The van der Waals surface area contributed by atoms with Gasteiger partial charge in [0, 0.05) is 112 Å². The lowest BCUT2D eigenvalue weighted by atomic mass is 10.1. The van der Waals surface area contributed by atoms with E-state index in [0.29, 0.717) is 103 Å². The Hall–Kier alpha value is -10.1. The molecule has 0 aliphatic rings. The minimum absolute atomic E-state index is 0.0305. The van der Waals surface area contributed by atoms with Crippen molar-refractivity contribution < 1.29 is 91.1 Å². The number of hydrogen-bond donors (Lipinski definition) is 13. The molecule has 0 aliphatic carbocycles. The van der Waals surface area contributed by atoms with Gasteiger partial charge in [-0.3, -0.25) is 38.4 Å². The van der Waals surface area contributed by atoms with E-state index in [1.807, 2.05) is 0 Å². The lowest BCUT2D eigenvalue weighted by Gasteiger charge is -2.19. The van der Waals surface area contributed by atoms with Crippen molar-refractivity contribution in [3.05, 3.63) is 88.0 Å². The van der Waals surface area contributed by atoms with Gasteiger partial charge in [-0.2, -0.15) is 0 Å². The van der Waals surface area contributed by atoms with Gasteiger partial charge in [-0.1, -0.05) is 0 Å². The largest absolute Gasteiger partial charge is 0.508 e. The summed E-state index contributed by atoms with van der Waals surface area (Å²) in [6.45, 7) is 23.3. The van der Waals surface area contributed by atoms with Gasteiger partial charge in [0.1, 0.15) is 39.7 Å². The Kier molecular flexibility index (Phi) is 38.1. The van der Waals surface area contributed by atoms with Gasteiger partial charge in [0.2, 0.25) is 0 Å². The maximum Gasteiger partial charge on any atom is 0.407 e. The van der Waals surface area contributed by atoms with E-state index in [9.17, 15) is 62.6 Å². The van der Waals surface area contributed by atoms with Crippen molar-refractivity contribution in [1.29, 1.82) is 0 Å². The molecule has 0 unspecified atom stereocenters. The molecule has 0 saturated carbocycles. The van der Waals surface area contributed by atoms with Gasteiger partial charge in [-0.25, -0.2) is 19.2 Å². The predicted molar refractivity (Wildman–Crippen MR) is 384 cm³/mol. The molecule has 0 heterocycles. The molecule has 31 heteroatoms. The molecule has 0 fully saturated rings. The third-order valence-electron chi connectivity index (χ3n) is 13.7. The number of nitrogens with one attached hydrogen (secondary N) is 12. The summed E-state index contributed by atoms with van der Waals surface area (Å²) in [5.41, 5.74) is -2.10. The van der Waals surface area contributed by atoms with Crippen LogP contribution in [0.15, 0.2) is 54.6 Å². The fourth-order valence-electron chi connectivity index (χ4n) is 8.96. The number of unbranched alkanes of at least 4 members (excludes halogenated alkanes) is 6. The molecule has 572 valence electrons. The SMILES string of the molecule is CC(C)(C)OC(=O)NCCCCNC(=O)c1cc(OCC(=O)NCCCCNC(=O)c2cc(O)cc(C(=O)NCCCCNC(=O)COc3cc(C(=O)NCCCCNC(=O)OC(C)(C)C)cc(C(=O)NCCCCNC(=O)OC(C)(C)C)c3)c2)cc(C(=O)NCCCCNC(=O)OC(C)(C)C)c1. The van der Waals surface area contributed by atoms with E-state index in [4.69, 9.17) is 28.4 Å². The van der Waals surface area contributed by atoms with Crippen molar-refractivity contribution in [2.45, 2.75) is 183 Å². The van der Waals surface area contributed by atoms with Gasteiger partial charge in [-0.15, -0.1) is 0 Å². The van der Waals surface area contributed by atoms with Crippen molar-refractivity contribution in [3.8, 4) is 17.2 Å². The molecule has 3 aromatic rings. The zero-order chi connectivity index (χ0) is 76.6. The number of phenolic OH excluding ortho intramolecular Hbond substituents is 1. The Labute approximate surface area is 603 Å². The molecule has 0 saturated heterocycles. The highest BCUT2D eigenvalue weighted by Gasteiger charge is 2.22. The topological polar surface area (TPSA) is 425 Å². The molecule has 31 nitrogen and oxygen atoms in total. The van der Waals surface area contributed by atoms with Crippen LogP contribution >= 0.6 is 0 Å². The molecular formula is C72H110N12O19. The Morgan fingerprint density at radius 1 is 0.262 bits per heavy atom. The van der Waals surface area contributed by atoms with E-state index in [0.717, 1.165) is 0 Å². The smallest absolute Gasteiger partial charge is 0.407 e. The van der Waals surface area contributed by atoms with Crippen LogP contribution in [0.25, 0.3) is 0 Å². The molecule has 0 aliphatic heterocycles. The summed E-state index contributed by atoms with van der Waals surface area (Å²) >= 11 is 0. The van der Waals surface area contributed by atoms with Gasteiger partial charge in [0.25, 0.3) is 47.3 Å². The number of benzene rings is 3. The first-order valence-corrected chi connectivity index (χ1v) is 34.9. The predicted octanol–water partition coefficient (Wildman–Crippen LogP) is 6.94. The average molecular weight is 1450 g/mol. The zero-order valence-corrected chi connectivity index (χ0v) is 61.9. The summed E-state index contributed by atoms with van der Waals surface area (Å²) < 4.78 is 32.5. The highest BCUT2D eigenvalue weighted by molar-refractivity contribution is 6.02. The summed E-state index contributed by atoms with van der Waals surface area (Å²) in [5.74, 6) is -4.26. The summed E-state index contributed by atoms with van der Waals surface area (Å²) in [7, 11) is 0. The lowest BCUT2D eigenvalue weighted by Crippen LogP contribution is -2.33. The molecule has 0 aromatic heterocycles. The second-order valence-electron chi connectivity index (χ2n) is 28.0. The van der Waals surface area contributed by atoms with E-state index >= 15 is 0 Å². The highest BCUT2D eigenvalue weighted by Crippen LogP contribution is 2.21. The number of ether oxygens (including phenoxy) is 6. The van der Waals surface area contributed by atoms with Crippen LogP contribution in [0.5, 0.6) is 17.2 Å². The monoisotopic (exact) mass is 1450 g/mol. The van der Waals surface area contributed by atoms with Crippen molar-refractivity contribution in [3.63, 3.8) is 0 Å². The molecule has 12 amide bonds. The van der Waals surface area contributed by atoms with Crippen LogP contribution in [0.3, 0.4) is 0 Å². The number of aromatic hydroxyl groups is 1. The highest BCUT2D eigenvalue weighted by atomic mass is 16.6. The minimum atomic E-state index is -0.643.